The number of anilines is 3. The smallest absolute Gasteiger partial charge is 0.0540 e. The van der Waals surface area contributed by atoms with E-state index in [0.29, 0.717) is 0 Å². The molecule has 0 bridgehead atoms. The van der Waals surface area contributed by atoms with Crippen molar-refractivity contribution in [3.63, 3.8) is 0 Å². The average molecular weight is 812 g/mol. The lowest BCUT2D eigenvalue weighted by molar-refractivity contribution is 1.28. The van der Waals surface area contributed by atoms with E-state index in [2.05, 4.69) is 229 Å². The minimum Gasteiger partial charge on any atom is -0.310 e. The van der Waals surface area contributed by atoms with Crippen molar-refractivity contribution in [2.45, 2.75) is 0 Å². The lowest BCUT2D eigenvalue weighted by atomic mass is 9.96. The Morgan fingerprint density at radius 3 is 1.62 bits per heavy atom. The molecule has 0 fully saturated rings. The molecule has 0 atom stereocenters. The first kappa shape index (κ1) is 35.6. The predicted molar refractivity (Wildman–Crippen MR) is 266 cm³/mol. The quantitative estimate of drug-likeness (QED) is 0.155. The number of benzene rings is 10. The molecule has 286 valence electrons. The summed E-state index contributed by atoms with van der Waals surface area (Å²) in [5, 5.41) is 7.78. The molecule has 0 radical (unpaired) electrons. The lowest BCUT2D eigenvalue weighted by Gasteiger charge is -2.28. The van der Waals surface area contributed by atoms with Gasteiger partial charge in [-0.25, -0.2) is 0 Å². The van der Waals surface area contributed by atoms with E-state index in [0.717, 1.165) is 17.1 Å². The van der Waals surface area contributed by atoms with E-state index >= 15 is 0 Å². The standard InChI is InChI=1S/C58H37NS2/c1-2-15-47-40(11-1)12-10-19-48(47)41-25-23-38(24-26-41)42-13-9-14-46(35-42)59(45-31-27-39(28-32-45)43-29-33-52-50-17-4-7-21-55(50)61-58(52)37-43)54-20-6-3-16-49(54)44-30-34-57-53(36-44)51-18-5-8-22-56(51)60-57/h1-37H. The molecule has 2 heterocycles. The molecular weight excluding hydrogens is 775 g/mol. The van der Waals surface area contributed by atoms with E-state index in [-0.39, 0.29) is 0 Å². The predicted octanol–water partition coefficient (Wildman–Crippen LogP) is 17.7. The normalized spacial score (nSPS) is 11.6. The summed E-state index contributed by atoms with van der Waals surface area (Å²) in [6.45, 7) is 0. The SMILES string of the molecule is c1cc(-c2ccc(-c3cccc4ccccc34)cc2)cc(N(c2ccc(-c3ccc4c(c3)sc3ccccc34)cc2)c2ccccc2-c2ccc3sc4ccccc4c3c2)c1. The molecule has 0 saturated heterocycles. The van der Waals surface area contributed by atoms with Crippen LogP contribution >= 0.6 is 22.7 Å². The molecular formula is C58H37NS2. The van der Waals surface area contributed by atoms with Gasteiger partial charge < -0.3 is 4.90 Å². The van der Waals surface area contributed by atoms with E-state index in [1.165, 1.54) is 95.6 Å². The summed E-state index contributed by atoms with van der Waals surface area (Å²) in [6, 6.07) is 82.5. The first-order valence-electron chi connectivity index (χ1n) is 20.7. The van der Waals surface area contributed by atoms with Gasteiger partial charge in [-0.2, -0.15) is 0 Å². The van der Waals surface area contributed by atoms with E-state index in [1.54, 1.807) is 0 Å². The fraction of sp³-hybridized carbons (Fsp3) is 0. The Morgan fingerprint density at radius 1 is 0.262 bits per heavy atom. The number of thiophene rings is 2. The third-order valence-corrected chi connectivity index (χ3v) is 14.4. The Labute approximate surface area is 362 Å². The number of nitrogens with zero attached hydrogens (tertiary/aromatic N) is 1. The molecule has 10 aromatic carbocycles. The van der Waals surface area contributed by atoms with Crippen LogP contribution in [0.25, 0.3) is 95.6 Å². The molecule has 0 unspecified atom stereocenters. The summed E-state index contributed by atoms with van der Waals surface area (Å²) in [5.41, 5.74) is 13.0. The van der Waals surface area contributed by atoms with Crippen molar-refractivity contribution >= 4 is 90.9 Å². The topological polar surface area (TPSA) is 3.24 Å². The highest BCUT2D eigenvalue weighted by molar-refractivity contribution is 7.26. The van der Waals surface area contributed by atoms with Crippen LogP contribution in [-0.2, 0) is 0 Å². The highest BCUT2D eigenvalue weighted by atomic mass is 32.1. The summed E-state index contributed by atoms with van der Waals surface area (Å²) in [4.78, 5) is 2.43. The van der Waals surface area contributed by atoms with Gasteiger partial charge in [-0.1, -0.05) is 164 Å². The van der Waals surface area contributed by atoms with Gasteiger partial charge in [0.25, 0.3) is 0 Å². The van der Waals surface area contributed by atoms with Crippen molar-refractivity contribution in [2.24, 2.45) is 0 Å². The van der Waals surface area contributed by atoms with Crippen LogP contribution in [0, 0.1) is 0 Å². The minimum atomic E-state index is 1.10. The van der Waals surface area contributed by atoms with Gasteiger partial charge in [-0.15, -0.1) is 22.7 Å². The zero-order chi connectivity index (χ0) is 40.3. The van der Waals surface area contributed by atoms with Gasteiger partial charge in [0, 0.05) is 57.3 Å². The second-order valence-corrected chi connectivity index (χ2v) is 17.8. The molecule has 0 aliphatic carbocycles. The first-order chi connectivity index (χ1) is 30.2. The summed E-state index contributed by atoms with van der Waals surface area (Å²) in [6.07, 6.45) is 0. The summed E-state index contributed by atoms with van der Waals surface area (Å²) in [5.74, 6) is 0. The van der Waals surface area contributed by atoms with Crippen molar-refractivity contribution in [2.75, 3.05) is 4.90 Å². The highest BCUT2D eigenvalue weighted by Gasteiger charge is 2.19. The van der Waals surface area contributed by atoms with Gasteiger partial charge in [0.15, 0.2) is 0 Å². The van der Waals surface area contributed by atoms with Crippen molar-refractivity contribution in [1.82, 2.24) is 0 Å². The van der Waals surface area contributed by atoms with Crippen LogP contribution in [0.2, 0.25) is 0 Å². The van der Waals surface area contributed by atoms with Gasteiger partial charge in [0.05, 0.1) is 5.69 Å². The van der Waals surface area contributed by atoms with Gasteiger partial charge in [-0.05, 0) is 110 Å². The molecule has 12 rings (SSSR count). The largest absolute Gasteiger partial charge is 0.310 e. The zero-order valence-corrected chi connectivity index (χ0v) is 34.8. The second kappa shape index (κ2) is 14.8. The molecule has 1 nitrogen and oxygen atoms in total. The molecule has 3 heteroatoms. The van der Waals surface area contributed by atoms with E-state index in [9.17, 15) is 0 Å². The van der Waals surface area contributed by atoms with Crippen molar-refractivity contribution in [3.05, 3.63) is 224 Å². The molecule has 2 aromatic heterocycles. The summed E-state index contributed by atoms with van der Waals surface area (Å²) < 4.78 is 5.27. The van der Waals surface area contributed by atoms with Gasteiger partial charge in [-0.3, -0.25) is 0 Å². The van der Waals surface area contributed by atoms with Crippen LogP contribution in [0.15, 0.2) is 224 Å². The third kappa shape index (κ3) is 6.29. The number of hydrogen-bond donors (Lipinski definition) is 0. The maximum atomic E-state index is 2.43. The van der Waals surface area contributed by atoms with E-state index < -0.39 is 0 Å². The van der Waals surface area contributed by atoms with Crippen LogP contribution in [-0.4, -0.2) is 0 Å². The number of rotatable bonds is 7. The molecule has 12 aromatic rings. The Balaban J connectivity index is 0.969. The molecule has 61 heavy (non-hydrogen) atoms. The van der Waals surface area contributed by atoms with Crippen molar-refractivity contribution < 1.29 is 0 Å². The lowest BCUT2D eigenvalue weighted by Crippen LogP contribution is -2.11. The molecule has 0 aliphatic rings. The number of fused-ring (bicyclic) bond motifs is 7. The third-order valence-electron chi connectivity index (χ3n) is 12.1. The maximum absolute atomic E-state index is 2.43. The number of hydrogen-bond acceptors (Lipinski definition) is 3. The van der Waals surface area contributed by atoms with Crippen LogP contribution in [0.5, 0.6) is 0 Å². The average Bonchev–Trinajstić information content (AvgIpc) is 3.90. The minimum absolute atomic E-state index is 1.10. The molecule has 0 spiro atoms. The van der Waals surface area contributed by atoms with Crippen LogP contribution in [0.4, 0.5) is 17.1 Å². The summed E-state index contributed by atoms with van der Waals surface area (Å²) in [7, 11) is 0. The monoisotopic (exact) mass is 811 g/mol. The number of para-hydroxylation sites is 1. The fourth-order valence-corrected chi connectivity index (χ4v) is 11.3. The fourth-order valence-electron chi connectivity index (χ4n) is 9.09. The van der Waals surface area contributed by atoms with Crippen molar-refractivity contribution in [3.8, 4) is 44.5 Å². The van der Waals surface area contributed by atoms with Crippen molar-refractivity contribution in [1.29, 1.82) is 0 Å². The molecule has 0 N–H and O–H groups in total. The Kier molecular flexibility index (Phi) is 8.62. The van der Waals surface area contributed by atoms with Crippen LogP contribution in [0.1, 0.15) is 0 Å². The molecule has 0 amide bonds. The summed E-state index contributed by atoms with van der Waals surface area (Å²) >= 11 is 3.73. The highest BCUT2D eigenvalue weighted by Crippen LogP contribution is 2.45. The first-order valence-corrected chi connectivity index (χ1v) is 22.4. The Morgan fingerprint density at radius 2 is 0.803 bits per heavy atom. The molecule has 0 saturated carbocycles. The zero-order valence-electron chi connectivity index (χ0n) is 33.1. The van der Waals surface area contributed by atoms with Crippen LogP contribution in [0.3, 0.4) is 0 Å². The second-order valence-electron chi connectivity index (χ2n) is 15.7. The van der Waals surface area contributed by atoms with Crippen LogP contribution < -0.4 is 4.90 Å². The Hall–Kier alpha value is -7.30. The van der Waals surface area contributed by atoms with Gasteiger partial charge in [0.1, 0.15) is 0 Å². The molecule has 0 aliphatic heterocycles. The van der Waals surface area contributed by atoms with Gasteiger partial charge in [0.2, 0.25) is 0 Å². The maximum Gasteiger partial charge on any atom is 0.0540 e. The van der Waals surface area contributed by atoms with Gasteiger partial charge >= 0.3 is 0 Å². The Bertz CT molecular complexity index is 3590. The van der Waals surface area contributed by atoms with E-state index in [4.69, 9.17) is 0 Å². The van der Waals surface area contributed by atoms with E-state index in [1.807, 2.05) is 22.7 Å².